The van der Waals surface area contributed by atoms with Crippen LogP contribution in [0.15, 0.2) is 43.6 Å². The van der Waals surface area contributed by atoms with E-state index in [0.29, 0.717) is 17.9 Å². The van der Waals surface area contributed by atoms with Crippen molar-refractivity contribution in [1.82, 2.24) is 10.3 Å². The quantitative estimate of drug-likeness (QED) is 0.602. The van der Waals surface area contributed by atoms with Crippen molar-refractivity contribution in [2.24, 2.45) is 0 Å². The van der Waals surface area contributed by atoms with Crippen molar-refractivity contribution in [2.45, 2.75) is 31.9 Å². The topological polar surface area (TPSA) is 81.1 Å². The lowest BCUT2D eigenvalue weighted by molar-refractivity contribution is 0.0987. The molecule has 0 aliphatic carbocycles. The van der Waals surface area contributed by atoms with E-state index >= 15 is 0 Å². The third kappa shape index (κ3) is 5.58. The maximum atomic E-state index is 10.2. The second-order valence-electron chi connectivity index (χ2n) is 7.06. The van der Waals surface area contributed by atoms with Crippen LogP contribution in [0.3, 0.4) is 0 Å². The summed E-state index contributed by atoms with van der Waals surface area (Å²) in [6, 6.07) is 9.08. The highest BCUT2D eigenvalue weighted by molar-refractivity contribution is 5.64. The van der Waals surface area contributed by atoms with E-state index < -0.39 is 6.10 Å². The zero-order chi connectivity index (χ0) is 19.9. The Hall–Kier alpha value is -2.81. The predicted octanol–water partition coefficient (Wildman–Crippen LogP) is 3.52. The monoisotopic (exact) mass is 365 g/mol. The fourth-order valence-corrected chi connectivity index (χ4v) is 2.91. The number of β-amino-alcohol motifs (C(OH)–C–C–N with tert-alkyl or cyclic N) is 1. The average molecular weight is 365 g/mol. The summed E-state index contributed by atoms with van der Waals surface area (Å²) < 4.78 is 5.59. The average Bonchev–Trinajstić information content (AvgIpc) is 3.05. The Morgan fingerprint density at radius 2 is 2.07 bits per heavy atom. The molecule has 0 aliphatic heterocycles. The molecule has 2 rings (SSSR count). The van der Waals surface area contributed by atoms with Crippen LogP contribution in [-0.2, 0) is 6.42 Å². The molecule has 5 nitrogen and oxygen atoms in total. The number of H-pyrrole nitrogens is 1. The molecule has 3 N–H and O–H groups in total. The number of nitriles is 1. The van der Waals surface area contributed by atoms with E-state index in [0.717, 1.165) is 23.2 Å². The first kappa shape index (κ1) is 20.5. The van der Waals surface area contributed by atoms with Crippen LogP contribution in [-0.4, -0.2) is 34.9 Å². The van der Waals surface area contributed by atoms with Gasteiger partial charge < -0.3 is 20.1 Å². The second kappa shape index (κ2) is 9.22. The van der Waals surface area contributed by atoms with Crippen molar-refractivity contribution in [3.05, 3.63) is 66.0 Å². The van der Waals surface area contributed by atoms with Crippen molar-refractivity contribution in [3.8, 4) is 11.8 Å². The number of rotatable bonds is 10. The number of aromatic nitrogens is 1. The zero-order valence-corrected chi connectivity index (χ0v) is 16.0. The van der Waals surface area contributed by atoms with E-state index in [-0.39, 0.29) is 12.1 Å². The molecule has 5 heteroatoms. The summed E-state index contributed by atoms with van der Waals surface area (Å²) in [4.78, 5) is 3.20. The molecule has 27 heavy (non-hydrogen) atoms. The Morgan fingerprint density at radius 1 is 1.33 bits per heavy atom. The molecule has 0 saturated heterocycles. The minimum atomic E-state index is -0.690. The molecule has 142 valence electrons. The van der Waals surface area contributed by atoms with Crippen LogP contribution in [0.4, 0.5) is 0 Å². The Morgan fingerprint density at radius 3 is 2.74 bits per heavy atom. The van der Waals surface area contributed by atoms with Gasteiger partial charge in [-0.25, -0.2) is 0 Å². The number of para-hydroxylation sites is 1. The lowest BCUT2D eigenvalue weighted by atomic mass is 9.93. The summed E-state index contributed by atoms with van der Waals surface area (Å²) in [5.74, 6) is 0.484. The Labute approximate surface area is 161 Å². The van der Waals surface area contributed by atoms with Crippen LogP contribution in [0.25, 0.3) is 12.2 Å². The standard InChI is InChI=1S/C22H27N3O2/c1-5-19-17(13-24-20(19)6-2)11-22(3,4)25-14-18(26)15-27-21-10-8-7-9-16(21)12-23/h5-10,13,18,24-26H,1-2,11,14-15H2,3-4H3. The number of benzene rings is 1. The molecule has 1 heterocycles. The van der Waals surface area contributed by atoms with Gasteiger partial charge in [0.05, 0.1) is 5.56 Å². The number of aromatic amines is 1. The SMILES string of the molecule is C=Cc1[nH]cc(CC(C)(C)NCC(O)COc2ccccc2C#N)c1C=C. The van der Waals surface area contributed by atoms with Crippen LogP contribution in [0.1, 0.15) is 36.2 Å². The highest BCUT2D eigenvalue weighted by atomic mass is 16.5. The van der Waals surface area contributed by atoms with Crippen LogP contribution in [0.2, 0.25) is 0 Å². The van der Waals surface area contributed by atoms with Crippen molar-refractivity contribution in [1.29, 1.82) is 5.26 Å². The van der Waals surface area contributed by atoms with Gasteiger partial charge in [-0.3, -0.25) is 0 Å². The normalized spacial score (nSPS) is 12.2. The van der Waals surface area contributed by atoms with Gasteiger partial charge in [-0.2, -0.15) is 5.26 Å². The summed E-state index contributed by atoms with van der Waals surface area (Å²) in [5, 5.41) is 22.7. The molecule has 1 atom stereocenters. The number of hydrogen-bond acceptors (Lipinski definition) is 4. The Balaban J connectivity index is 1.89. The lowest BCUT2D eigenvalue weighted by Gasteiger charge is -2.28. The Bertz CT molecular complexity index is 830. The van der Waals surface area contributed by atoms with Gasteiger partial charge >= 0.3 is 0 Å². The van der Waals surface area contributed by atoms with Crippen molar-refractivity contribution >= 4 is 12.2 Å². The molecule has 1 unspecified atom stereocenters. The van der Waals surface area contributed by atoms with Crippen LogP contribution in [0, 0.1) is 11.3 Å². The minimum Gasteiger partial charge on any atom is -0.489 e. The van der Waals surface area contributed by atoms with Gasteiger partial charge in [-0.15, -0.1) is 0 Å². The largest absolute Gasteiger partial charge is 0.489 e. The molecule has 1 aromatic heterocycles. The third-order valence-corrected chi connectivity index (χ3v) is 4.33. The third-order valence-electron chi connectivity index (χ3n) is 4.33. The lowest BCUT2D eigenvalue weighted by Crippen LogP contribution is -2.46. The number of aliphatic hydroxyl groups is 1. The molecule has 0 aliphatic rings. The number of ether oxygens (including phenoxy) is 1. The first-order valence-corrected chi connectivity index (χ1v) is 8.90. The summed E-state index contributed by atoms with van der Waals surface area (Å²) >= 11 is 0. The summed E-state index contributed by atoms with van der Waals surface area (Å²) in [7, 11) is 0. The molecular formula is C22H27N3O2. The Kier molecular flexibility index (Phi) is 7.00. The molecule has 0 radical (unpaired) electrons. The van der Waals surface area contributed by atoms with E-state index in [4.69, 9.17) is 10.00 Å². The van der Waals surface area contributed by atoms with Gasteiger partial charge in [0.1, 0.15) is 24.5 Å². The van der Waals surface area contributed by atoms with Gasteiger partial charge in [0.2, 0.25) is 0 Å². The zero-order valence-electron chi connectivity index (χ0n) is 16.0. The number of aliphatic hydroxyl groups excluding tert-OH is 1. The molecule has 0 bridgehead atoms. The molecule has 0 saturated carbocycles. The maximum Gasteiger partial charge on any atom is 0.137 e. The van der Waals surface area contributed by atoms with Gasteiger partial charge in [-0.05, 0) is 44.0 Å². The van der Waals surface area contributed by atoms with Crippen LogP contribution in [0.5, 0.6) is 5.75 Å². The van der Waals surface area contributed by atoms with E-state index in [9.17, 15) is 5.11 Å². The molecule has 1 aromatic carbocycles. The van der Waals surface area contributed by atoms with E-state index in [1.165, 1.54) is 0 Å². The minimum absolute atomic E-state index is 0.116. The fraction of sp³-hybridized carbons (Fsp3) is 0.318. The van der Waals surface area contributed by atoms with Gasteiger partial charge in [0, 0.05) is 29.5 Å². The number of nitrogens with one attached hydrogen (secondary N) is 2. The van der Waals surface area contributed by atoms with Crippen LogP contribution >= 0.6 is 0 Å². The first-order valence-electron chi connectivity index (χ1n) is 8.90. The molecule has 0 amide bonds. The van der Waals surface area contributed by atoms with E-state index in [1.54, 1.807) is 30.3 Å². The highest BCUT2D eigenvalue weighted by Gasteiger charge is 2.22. The van der Waals surface area contributed by atoms with E-state index in [2.05, 4.69) is 43.4 Å². The van der Waals surface area contributed by atoms with E-state index in [1.807, 2.05) is 12.3 Å². The van der Waals surface area contributed by atoms with Crippen molar-refractivity contribution in [2.75, 3.05) is 13.2 Å². The first-order chi connectivity index (χ1) is 12.9. The number of hydrogen-bond donors (Lipinski definition) is 3. The summed E-state index contributed by atoms with van der Waals surface area (Å²) in [5.41, 5.74) is 3.38. The van der Waals surface area contributed by atoms with Crippen molar-refractivity contribution < 1.29 is 9.84 Å². The van der Waals surface area contributed by atoms with Crippen LogP contribution < -0.4 is 10.1 Å². The van der Waals surface area contributed by atoms with Crippen molar-refractivity contribution in [3.63, 3.8) is 0 Å². The van der Waals surface area contributed by atoms with Gasteiger partial charge in [-0.1, -0.05) is 31.4 Å². The van der Waals surface area contributed by atoms with Gasteiger partial charge in [0.25, 0.3) is 0 Å². The molecule has 0 fully saturated rings. The second-order valence-corrected chi connectivity index (χ2v) is 7.06. The smallest absolute Gasteiger partial charge is 0.137 e. The number of nitrogens with zero attached hydrogens (tertiary/aromatic N) is 1. The molecule has 2 aromatic rings. The summed E-state index contributed by atoms with van der Waals surface area (Å²) in [6.07, 6.45) is 5.65. The predicted molar refractivity (Wildman–Crippen MR) is 109 cm³/mol. The maximum absolute atomic E-state index is 10.2. The summed E-state index contributed by atoms with van der Waals surface area (Å²) in [6.45, 7) is 12.3. The molecule has 0 spiro atoms. The highest BCUT2D eigenvalue weighted by Crippen LogP contribution is 2.22. The fourth-order valence-electron chi connectivity index (χ4n) is 2.91. The van der Waals surface area contributed by atoms with Gasteiger partial charge in [0.15, 0.2) is 0 Å². The molecular weight excluding hydrogens is 338 g/mol.